The summed E-state index contributed by atoms with van der Waals surface area (Å²) in [6.45, 7) is 8.92. The van der Waals surface area contributed by atoms with Crippen molar-refractivity contribution in [3.63, 3.8) is 0 Å². The van der Waals surface area contributed by atoms with E-state index in [9.17, 15) is 37.5 Å². The number of rotatable bonds is 12. The molecule has 3 aromatic rings. The number of ether oxygens (including phenoxy) is 2. The van der Waals surface area contributed by atoms with Crippen LogP contribution in [0.4, 0.5) is 9.93 Å². The average molecular weight is 940 g/mol. The van der Waals surface area contributed by atoms with Crippen molar-refractivity contribution in [1.29, 1.82) is 0 Å². The zero-order chi connectivity index (χ0) is 47.6. The highest BCUT2D eigenvalue weighted by Crippen LogP contribution is 2.45. The van der Waals surface area contributed by atoms with Crippen molar-refractivity contribution in [2.75, 3.05) is 40.1 Å². The normalized spacial score (nSPS) is 23.9. The molecule has 19 nitrogen and oxygen atoms in total. The van der Waals surface area contributed by atoms with E-state index in [0.29, 0.717) is 62.5 Å². The fraction of sp³-hybridized carbons (Fsp3) is 0.568. The van der Waals surface area contributed by atoms with Crippen molar-refractivity contribution in [3.8, 4) is 22.9 Å². The van der Waals surface area contributed by atoms with Gasteiger partial charge in [0.1, 0.15) is 47.0 Å². The second kappa shape index (κ2) is 19.5. The highest BCUT2D eigenvalue weighted by molar-refractivity contribution is 7.87. The van der Waals surface area contributed by atoms with Crippen molar-refractivity contribution in [1.82, 2.24) is 39.4 Å². The Balaban J connectivity index is 1.34. The maximum Gasteiger partial charge on any atom is 0.330 e. The Morgan fingerprint density at radius 3 is 2.46 bits per heavy atom. The molecule has 1 aliphatic carbocycles. The van der Waals surface area contributed by atoms with E-state index in [-0.39, 0.29) is 31.8 Å². The van der Waals surface area contributed by atoms with Gasteiger partial charge in [0, 0.05) is 62.4 Å². The molecule has 21 heteroatoms. The highest BCUT2D eigenvalue weighted by atomic mass is 32.2. The summed E-state index contributed by atoms with van der Waals surface area (Å²) in [5.74, 6) is -2.83. The van der Waals surface area contributed by atoms with Crippen LogP contribution in [0.25, 0.3) is 22.3 Å². The minimum absolute atomic E-state index is 0.0194. The molecule has 6 atom stereocenters. The molecule has 2 fully saturated rings. The number of thiazole rings is 1. The molecule has 0 radical (unpaired) electrons. The molecule has 5 N–H and O–H groups in total. The summed E-state index contributed by atoms with van der Waals surface area (Å²) in [6, 6.07) is 2.61. The van der Waals surface area contributed by atoms with Crippen LogP contribution in [0.3, 0.4) is 0 Å². The van der Waals surface area contributed by atoms with E-state index in [1.54, 1.807) is 52.1 Å². The fourth-order valence-electron chi connectivity index (χ4n) is 8.08. The van der Waals surface area contributed by atoms with E-state index in [2.05, 4.69) is 21.3 Å². The van der Waals surface area contributed by atoms with Crippen LogP contribution in [0.5, 0.6) is 11.5 Å². The number of allylic oxidation sites excluding steroid dienone is 1. The Kier molecular flexibility index (Phi) is 14.7. The summed E-state index contributed by atoms with van der Waals surface area (Å²) >= 11 is 1.43. The number of nitrogens with zero attached hydrogens (tertiary/aromatic N) is 5. The van der Waals surface area contributed by atoms with Gasteiger partial charge in [0.15, 0.2) is 5.13 Å². The number of hydrogen-bond donors (Lipinski definition) is 5. The van der Waals surface area contributed by atoms with E-state index in [0.717, 1.165) is 17.8 Å². The van der Waals surface area contributed by atoms with Gasteiger partial charge < -0.3 is 40.7 Å². The van der Waals surface area contributed by atoms with Crippen LogP contribution < -0.4 is 30.7 Å². The highest BCUT2D eigenvalue weighted by Gasteiger charge is 2.61. The quantitative estimate of drug-likeness (QED) is 0.159. The summed E-state index contributed by atoms with van der Waals surface area (Å²) in [6.07, 6.45) is 5.83. The van der Waals surface area contributed by atoms with Crippen LogP contribution in [0.2, 0.25) is 0 Å². The number of anilines is 1. The standard InChI is InChI=1S/C44H61N9O10S2/c1-25(2)45-42-48-33(24-64-42)32-21-35(29-18-17-27(62-9)19-31(29)46-32)63-28-20-34-37(54)50-44(40(57)58)22-26(44)15-13-11-10-12-14-16-30(38(55)53(34)23-28)47-41(59)49-36(43(3,4)5)39(56)52(8)65(60,61)51(6)7/h13,15,17-19,21,24-26,28,30,34,36H,10-12,14,16,20,22-23H2,1-9H3,(H,45,48)(H,50,54)(H,57,58)(H2,47,49,59)/b15-13-/t26?,28-,30+,34+,36-,44-/m1/s1. The van der Waals surface area contributed by atoms with Gasteiger partial charge in [0.05, 0.1) is 24.9 Å². The lowest BCUT2D eigenvalue weighted by molar-refractivity contribution is -0.145. The lowest BCUT2D eigenvalue weighted by Gasteiger charge is -2.34. The molecule has 5 amide bonds. The molecular formula is C44H61N9O10S2. The first-order valence-electron chi connectivity index (χ1n) is 21.7. The molecule has 2 aromatic heterocycles. The first kappa shape index (κ1) is 48.9. The number of aromatic nitrogens is 2. The first-order chi connectivity index (χ1) is 30.5. The van der Waals surface area contributed by atoms with Gasteiger partial charge in [-0.3, -0.25) is 14.4 Å². The van der Waals surface area contributed by atoms with Gasteiger partial charge in [-0.15, -0.1) is 11.3 Å². The molecule has 3 aliphatic rings. The number of fused-ring (bicyclic) bond motifs is 3. The number of likely N-dealkylation sites (N-methyl/N-ethyl adjacent to an activating group) is 1. The van der Waals surface area contributed by atoms with Gasteiger partial charge in [-0.25, -0.2) is 23.9 Å². The van der Waals surface area contributed by atoms with Crippen LogP contribution in [-0.4, -0.2) is 137 Å². The Labute approximate surface area is 383 Å². The van der Waals surface area contributed by atoms with Gasteiger partial charge >= 0.3 is 22.2 Å². The number of aliphatic carboxylic acids is 1. The Bertz CT molecular complexity index is 2440. The largest absolute Gasteiger partial charge is 0.497 e. The summed E-state index contributed by atoms with van der Waals surface area (Å²) in [7, 11) is 1.03. The van der Waals surface area contributed by atoms with E-state index >= 15 is 0 Å². The molecule has 354 valence electrons. The molecule has 4 heterocycles. The van der Waals surface area contributed by atoms with Crippen LogP contribution in [-0.2, 0) is 29.4 Å². The summed E-state index contributed by atoms with van der Waals surface area (Å²) in [4.78, 5) is 80.6. The number of hydrogen-bond acceptors (Lipinski definition) is 13. The molecule has 0 bridgehead atoms. The van der Waals surface area contributed by atoms with Gasteiger partial charge in [-0.05, 0) is 57.1 Å². The Morgan fingerprint density at radius 1 is 1.06 bits per heavy atom. The van der Waals surface area contributed by atoms with Crippen molar-refractivity contribution >= 4 is 67.3 Å². The Hall–Kier alpha value is -5.54. The molecular weight excluding hydrogens is 879 g/mol. The van der Waals surface area contributed by atoms with Crippen LogP contribution in [0.15, 0.2) is 41.8 Å². The third kappa shape index (κ3) is 10.9. The van der Waals surface area contributed by atoms with Gasteiger partial charge in [-0.2, -0.15) is 12.7 Å². The molecule has 1 saturated heterocycles. The summed E-state index contributed by atoms with van der Waals surface area (Å²) in [5, 5.41) is 25.0. The summed E-state index contributed by atoms with van der Waals surface area (Å²) < 4.78 is 39.5. The maximum atomic E-state index is 14.9. The second-order valence-electron chi connectivity index (χ2n) is 18.4. The summed E-state index contributed by atoms with van der Waals surface area (Å²) in [5.41, 5.74) is -0.857. The van der Waals surface area contributed by atoms with E-state index in [4.69, 9.17) is 19.4 Å². The monoisotopic (exact) mass is 939 g/mol. The zero-order valence-corrected chi connectivity index (χ0v) is 40.0. The van der Waals surface area contributed by atoms with Gasteiger partial charge in [-0.1, -0.05) is 45.8 Å². The topological polar surface area (TPSA) is 242 Å². The number of carbonyl (C=O) groups is 5. The van der Waals surface area contributed by atoms with Crippen LogP contribution >= 0.6 is 11.3 Å². The van der Waals surface area contributed by atoms with E-state index in [1.165, 1.54) is 30.3 Å². The lowest BCUT2D eigenvalue weighted by atomic mass is 9.86. The van der Waals surface area contributed by atoms with Crippen molar-refractivity contribution < 1.29 is 47.0 Å². The molecule has 6 rings (SSSR count). The SMILES string of the molecule is COc1ccc2c(O[C@@H]3C[C@H]4C(=O)N[C@]5(C(=O)O)CC5/C=C\CCCCC[C@H](NC(=O)N[C@H](C(=O)N(C)S(=O)(=O)N(C)C)C(C)(C)C)C(=O)N4C3)cc(-c3csc(NC(C)C)n3)nc2c1. The number of carboxylic acid groups (broad SMARTS) is 1. The number of urea groups is 1. The molecule has 1 unspecified atom stereocenters. The van der Waals surface area contributed by atoms with Crippen LogP contribution in [0, 0.1) is 11.3 Å². The van der Waals surface area contributed by atoms with Crippen molar-refractivity contribution in [2.45, 2.75) is 115 Å². The van der Waals surface area contributed by atoms with Gasteiger partial charge in [0.2, 0.25) is 11.8 Å². The molecule has 0 spiro atoms. The second-order valence-corrected chi connectivity index (χ2v) is 21.4. The molecule has 1 saturated carbocycles. The smallest absolute Gasteiger partial charge is 0.330 e. The van der Waals surface area contributed by atoms with E-state index < -0.39 is 81.0 Å². The predicted octanol–water partition coefficient (Wildman–Crippen LogP) is 4.36. The third-order valence-corrected chi connectivity index (χ3v) is 14.5. The number of amides is 5. The fourth-order valence-corrected chi connectivity index (χ4v) is 9.76. The molecule has 65 heavy (non-hydrogen) atoms. The lowest BCUT2D eigenvalue weighted by Crippen LogP contribution is -2.61. The minimum Gasteiger partial charge on any atom is -0.497 e. The van der Waals surface area contributed by atoms with Crippen molar-refractivity contribution in [2.24, 2.45) is 11.3 Å². The third-order valence-electron chi connectivity index (χ3n) is 11.9. The average Bonchev–Trinajstić information content (AvgIpc) is 3.50. The first-order valence-corrected chi connectivity index (χ1v) is 24.0. The van der Waals surface area contributed by atoms with Crippen molar-refractivity contribution in [3.05, 3.63) is 41.8 Å². The number of pyridine rings is 1. The number of nitrogens with one attached hydrogen (secondary N) is 4. The maximum absolute atomic E-state index is 14.9. The number of methoxy groups -OCH3 is 1. The molecule has 2 aliphatic heterocycles. The number of carbonyl (C=O) groups excluding carboxylic acids is 4. The Morgan fingerprint density at radius 2 is 1.80 bits per heavy atom. The number of carboxylic acids is 1. The van der Waals surface area contributed by atoms with Gasteiger partial charge in [0.25, 0.3) is 5.91 Å². The molecule has 1 aromatic carbocycles. The van der Waals surface area contributed by atoms with E-state index in [1.807, 2.05) is 31.4 Å². The minimum atomic E-state index is -4.19. The van der Waals surface area contributed by atoms with Crippen LogP contribution in [0.1, 0.15) is 79.6 Å². The predicted molar refractivity (Wildman–Crippen MR) is 246 cm³/mol. The number of benzene rings is 1. The zero-order valence-electron chi connectivity index (χ0n) is 38.3.